The second-order valence-corrected chi connectivity index (χ2v) is 5.58. The van der Waals surface area contributed by atoms with Crippen LogP contribution in [-0.4, -0.2) is 52.6 Å². The van der Waals surface area contributed by atoms with E-state index in [1.807, 2.05) is 0 Å². The van der Waals surface area contributed by atoms with Crippen molar-refractivity contribution >= 4 is 23.3 Å². The van der Waals surface area contributed by atoms with Gasteiger partial charge >= 0.3 is 12.1 Å². The van der Waals surface area contributed by atoms with Crippen molar-refractivity contribution in [2.75, 3.05) is 25.0 Å². The van der Waals surface area contributed by atoms with Crippen molar-refractivity contribution < 1.29 is 32.8 Å². The van der Waals surface area contributed by atoms with E-state index in [-0.39, 0.29) is 17.9 Å². The van der Waals surface area contributed by atoms with Crippen molar-refractivity contribution in [2.45, 2.75) is 12.6 Å². The maximum atomic E-state index is 13.1. The Balaban J connectivity index is 2.06. The summed E-state index contributed by atoms with van der Waals surface area (Å²) in [6, 6.07) is 5.49. The predicted molar refractivity (Wildman–Crippen MR) is 78.9 cm³/mol. The van der Waals surface area contributed by atoms with Gasteiger partial charge in [-0.2, -0.15) is 13.2 Å². The zero-order chi connectivity index (χ0) is 18.8. The number of alkyl halides is 3. The Labute approximate surface area is 139 Å². The highest BCUT2D eigenvalue weighted by molar-refractivity contribution is 5.84. The Morgan fingerprint density at radius 2 is 2.00 bits per heavy atom. The van der Waals surface area contributed by atoms with Gasteiger partial charge in [-0.15, -0.1) is 0 Å². The lowest BCUT2D eigenvalue weighted by Crippen LogP contribution is -2.48. The molecule has 1 unspecified atom stereocenters. The number of amides is 1. The summed E-state index contributed by atoms with van der Waals surface area (Å²) in [4.78, 5) is 34.2. The molecule has 0 aliphatic carbocycles. The van der Waals surface area contributed by atoms with Crippen LogP contribution in [0.15, 0.2) is 24.3 Å². The van der Waals surface area contributed by atoms with Gasteiger partial charge in [0.25, 0.3) is 5.69 Å². The molecule has 1 heterocycles. The highest BCUT2D eigenvalue weighted by Crippen LogP contribution is 2.45. The number of hydrogen-bond donors (Lipinski definition) is 2. The normalized spacial score (nSPS) is 20.4. The lowest BCUT2D eigenvalue weighted by Gasteiger charge is -2.27. The molecule has 0 spiro atoms. The zero-order valence-corrected chi connectivity index (χ0v) is 12.7. The number of hydrogen-bond acceptors (Lipinski definition) is 5. The molecule has 0 aromatic heterocycles. The molecule has 2 rings (SSSR count). The van der Waals surface area contributed by atoms with Crippen LogP contribution >= 0.6 is 0 Å². The van der Waals surface area contributed by atoms with Crippen LogP contribution in [-0.2, 0) is 9.59 Å². The highest BCUT2D eigenvalue weighted by Gasteiger charge is 2.64. The molecule has 0 saturated carbocycles. The molecule has 1 aliphatic rings. The fraction of sp³-hybridized carbons (Fsp3) is 0.429. The van der Waals surface area contributed by atoms with Crippen LogP contribution in [0.1, 0.15) is 6.42 Å². The molecule has 1 fully saturated rings. The minimum absolute atomic E-state index is 0.0420. The average molecular weight is 361 g/mol. The van der Waals surface area contributed by atoms with Crippen molar-refractivity contribution in [1.29, 1.82) is 0 Å². The number of para-hydroxylation sites is 2. The average Bonchev–Trinajstić information content (AvgIpc) is 2.99. The summed E-state index contributed by atoms with van der Waals surface area (Å²) in [5.74, 6) is -2.80. The smallest absolute Gasteiger partial charge is 0.406 e. The summed E-state index contributed by atoms with van der Waals surface area (Å²) in [5.41, 5.74) is -3.23. The van der Waals surface area contributed by atoms with Crippen LogP contribution in [0.5, 0.6) is 0 Å². The third-order valence-corrected chi connectivity index (χ3v) is 4.10. The molecule has 1 aliphatic heterocycles. The number of carbonyl (C=O) groups is 2. The van der Waals surface area contributed by atoms with Gasteiger partial charge in [0.2, 0.25) is 5.91 Å². The second kappa shape index (κ2) is 6.57. The fourth-order valence-electron chi connectivity index (χ4n) is 2.61. The number of aliphatic carboxylic acids is 1. The number of likely N-dealkylation sites (tertiary alicyclic amines) is 1. The number of nitrogens with zero attached hydrogens (tertiary/aromatic N) is 2. The first-order chi connectivity index (χ1) is 11.6. The van der Waals surface area contributed by atoms with Crippen molar-refractivity contribution in [3.05, 3.63) is 34.4 Å². The lowest BCUT2D eigenvalue weighted by atomic mass is 9.86. The van der Waals surface area contributed by atoms with E-state index in [9.17, 15) is 32.9 Å². The van der Waals surface area contributed by atoms with Gasteiger partial charge in [-0.3, -0.25) is 19.7 Å². The monoisotopic (exact) mass is 361 g/mol. The molecule has 0 radical (unpaired) electrons. The molecular formula is C14H14F3N3O5. The molecule has 1 amide bonds. The van der Waals surface area contributed by atoms with Crippen LogP contribution < -0.4 is 5.32 Å². The molecule has 1 aromatic carbocycles. The van der Waals surface area contributed by atoms with E-state index in [0.717, 1.165) is 4.90 Å². The molecular weight excluding hydrogens is 347 g/mol. The molecule has 11 heteroatoms. The molecule has 136 valence electrons. The van der Waals surface area contributed by atoms with E-state index in [4.69, 9.17) is 5.11 Å². The number of nitro groups is 1. The second-order valence-electron chi connectivity index (χ2n) is 5.58. The quantitative estimate of drug-likeness (QED) is 0.612. The Hall–Kier alpha value is -2.85. The third-order valence-electron chi connectivity index (χ3n) is 4.10. The molecule has 1 aromatic rings. The van der Waals surface area contributed by atoms with Crippen LogP contribution in [0.25, 0.3) is 0 Å². The van der Waals surface area contributed by atoms with Gasteiger partial charge in [-0.1, -0.05) is 12.1 Å². The maximum absolute atomic E-state index is 13.1. The minimum Gasteiger partial charge on any atom is -0.481 e. The topological polar surface area (TPSA) is 113 Å². The van der Waals surface area contributed by atoms with Crippen LogP contribution in [0, 0.1) is 15.5 Å². The van der Waals surface area contributed by atoms with Gasteiger partial charge in [-0.25, -0.2) is 0 Å². The molecule has 2 N–H and O–H groups in total. The molecule has 1 atom stereocenters. The Morgan fingerprint density at radius 1 is 1.36 bits per heavy atom. The van der Waals surface area contributed by atoms with Crippen LogP contribution in [0.4, 0.5) is 24.5 Å². The number of anilines is 1. The van der Waals surface area contributed by atoms with Gasteiger partial charge in [0, 0.05) is 19.2 Å². The largest absolute Gasteiger partial charge is 0.481 e. The number of benzene rings is 1. The number of halogens is 3. The summed E-state index contributed by atoms with van der Waals surface area (Å²) < 4.78 is 39.3. The number of carboxylic acids is 1. The number of rotatable bonds is 5. The summed E-state index contributed by atoms with van der Waals surface area (Å²) in [5, 5.41) is 22.3. The van der Waals surface area contributed by atoms with E-state index >= 15 is 0 Å². The number of carboxylic acid groups (broad SMARTS) is 1. The zero-order valence-electron chi connectivity index (χ0n) is 12.7. The van der Waals surface area contributed by atoms with E-state index in [0.29, 0.717) is 0 Å². The van der Waals surface area contributed by atoms with Gasteiger partial charge in [0.1, 0.15) is 5.69 Å². The van der Waals surface area contributed by atoms with Crippen molar-refractivity contribution in [3.8, 4) is 0 Å². The standard InChI is InChI=1S/C14H14F3N3O5/c15-14(16,17)13(12(22)23)5-6-19(8-13)11(21)7-18-9-3-1-2-4-10(9)20(24)25/h1-4,18H,5-8H2,(H,22,23). The van der Waals surface area contributed by atoms with E-state index < -0.39 is 47.9 Å². The number of nitro benzene ring substituents is 1. The maximum Gasteiger partial charge on any atom is 0.406 e. The summed E-state index contributed by atoms with van der Waals surface area (Å²) >= 11 is 0. The molecule has 0 bridgehead atoms. The SMILES string of the molecule is O=C(CNc1ccccc1[N+](=O)[O-])N1CCC(C(=O)O)(C(F)(F)F)C1. The first kappa shape index (κ1) is 18.5. The highest BCUT2D eigenvalue weighted by atomic mass is 19.4. The van der Waals surface area contributed by atoms with Gasteiger partial charge in [-0.05, 0) is 12.5 Å². The van der Waals surface area contributed by atoms with Crippen molar-refractivity contribution in [2.24, 2.45) is 5.41 Å². The summed E-state index contributed by atoms with van der Waals surface area (Å²) in [6.07, 6.45) is -5.72. The van der Waals surface area contributed by atoms with Crippen LogP contribution in [0.3, 0.4) is 0 Å². The summed E-state index contributed by atoms with van der Waals surface area (Å²) in [7, 11) is 0. The molecule has 8 nitrogen and oxygen atoms in total. The van der Waals surface area contributed by atoms with E-state index in [1.54, 1.807) is 0 Å². The molecule has 1 saturated heterocycles. The van der Waals surface area contributed by atoms with Gasteiger partial charge < -0.3 is 15.3 Å². The minimum atomic E-state index is -4.99. The number of carbonyl (C=O) groups excluding carboxylic acids is 1. The summed E-state index contributed by atoms with van der Waals surface area (Å²) in [6.45, 7) is -1.83. The first-order valence-corrected chi connectivity index (χ1v) is 7.14. The van der Waals surface area contributed by atoms with Gasteiger partial charge in [0.15, 0.2) is 5.41 Å². The van der Waals surface area contributed by atoms with Crippen molar-refractivity contribution in [3.63, 3.8) is 0 Å². The fourth-order valence-corrected chi connectivity index (χ4v) is 2.61. The van der Waals surface area contributed by atoms with Crippen molar-refractivity contribution in [1.82, 2.24) is 4.90 Å². The van der Waals surface area contributed by atoms with Gasteiger partial charge in [0.05, 0.1) is 11.5 Å². The number of nitrogens with one attached hydrogen (secondary N) is 1. The Kier molecular flexibility index (Phi) is 4.86. The first-order valence-electron chi connectivity index (χ1n) is 7.14. The predicted octanol–water partition coefficient (Wildman–Crippen LogP) is 1.87. The lowest BCUT2D eigenvalue weighted by molar-refractivity contribution is -0.383. The van der Waals surface area contributed by atoms with Crippen LogP contribution in [0.2, 0.25) is 0 Å². The molecule has 25 heavy (non-hydrogen) atoms. The third kappa shape index (κ3) is 3.49. The van der Waals surface area contributed by atoms with E-state index in [2.05, 4.69) is 5.32 Å². The van der Waals surface area contributed by atoms with E-state index in [1.165, 1.54) is 24.3 Å². The Morgan fingerprint density at radius 3 is 2.52 bits per heavy atom. The Bertz CT molecular complexity index is 709.